The van der Waals surface area contributed by atoms with Crippen molar-refractivity contribution in [3.05, 3.63) is 40.5 Å². The Kier molecular flexibility index (Phi) is 9.67. The minimum absolute atomic E-state index is 0.0363. The molecule has 176 valence electrons. The maximum absolute atomic E-state index is 13.1. The minimum Gasteiger partial charge on any atom is -0.493 e. The van der Waals surface area contributed by atoms with Crippen LogP contribution in [0, 0.1) is 11.3 Å². The normalized spacial score (nSPS) is 15.0. The summed E-state index contributed by atoms with van der Waals surface area (Å²) in [6, 6.07) is 7.22. The number of methoxy groups -OCH3 is 1. The van der Waals surface area contributed by atoms with Crippen molar-refractivity contribution in [2.45, 2.75) is 46.5 Å². The van der Waals surface area contributed by atoms with Gasteiger partial charge in [0.2, 0.25) is 0 Å². The smallest absolute Gasteiger partial charge is 0.302 e. The molecule has 33 heavy (non-hydrogen) atoms. The zero-order valence-corrected chi connectivity index (χ0v) is 19.6. The quantitative estimate of drug-likeness (QED) is 0.217. The number of hydrogen-bond acceptors (Lipinski definition) is 7. The highest BCUT2D eigenvalue weighted by Gasteiger charge is 2.35. The van der Waals surface area contributed by atoms with Crippen molar-refractivity contribution < 1.29 is 28.6 Å². The maximum Gasteiger partial charge on any atom is 0.302 e. The minimum atomic E-state index is -0.645. The molecule has 0 bridgehead atoms. The Morgan fingerprint density at radius 1 is 1.12 bits per heavy atom. The Morgan fingerprint density at radius 3 is 2.52 bits per heavy atom. The number of imide groups is 1. The highest BCUT2D eigenvalue weighted by molar-refractivity contribution is 6.19. The van der Waals surface area contributed by atoms with E-state index >= 15 is 0 Å². The molecule has 8 heteroatoms. The van der Waals surface area contributed by atoms with Crippen molar-refractivity contribution in [2.24, 2.45) is 0 Å². The van der Waals surface area contributed by atoms with Gasteiger partial charge in [-0.15, -0.1) is 0 Å². The summed E-state index contributed by atoms with van der Waals surface area (Å²) in [6.45, 7) is 5.69. The number of unbranched alkanes of at least 4 members (excludes halogenated alkanes) is 2. The fraction of sp³-hybridized carbons (Fsp3) is 0.440. The lowest BCUT2D eigenvalue weighted by Gasteiger charge is -2.27. The molecular weight excluding hydrogens is 424 g/mol. The number of hydrogen-bond donors (Lipinski definition) is 0. The summed E-state index contributed by atoms with van der Waals surface area (Å²) in [5, 5.41) is 9.50. The first-order chi connectivity index (χ1) is 15.8. The number of carbonyl (C=O) groups excluding carboxylic acids is 3. The molecule has 0 spiro atoms. The van der Waals surface area contributed by atoms with E-state index in [1.54, 1.807) is 38.3 Å². The lowest BCUT2D eigenvalue weighted by atomic mass is 9.93. The number of carbonyl (C=O) groups is 3. The van der Waals surface area contributed by atoms with Gasteiger partial charge in [-0.05, 0) is 49.1 Å². The van der Waals surface area contributed by atoms with Crippen molar-refractivity contribution in [1.82, 2.24) is 4.90 Å². The average molecular weight is 455 g/mol. The number of amides is 2. The van der Waals surface area contributed by atoms with Gasteiger partial charge < -0.3 is 14.2 Å². The lowest BCUT2D eigenvalue weighted by molar-refractivity contribution is -0.141. The van der Waals surface area contributed by atoms with Crippen LogP contribution in [0.25, 0.3) is 6.08 Å². The second-order valence-corrected chi connectivity index (χ2v) is 7.59. The number of esters is 1. The molecule has 0 saturated heterocycles. The Balaban J connectivity index is 2.30. The molecule has 1 aromatic carbocycles. The van der Waals surface area contributed by atoms with Crippen LogP contribution in [0.1, 0.15) is 52.0 Å². The fourth-order valence-corrected chi connectivity index (χ4v) is 3.37. The Morgan fingerprint density at radius 2 is 1.88 bits per heavy atom. The van der Waals surface area contributed by atoms with Crippen LogP contribution in [-0.4, -0.2) is 49.6 Å². The monoisotopic (exact) mass is 454 g/mol. The van der Waals surface area contributed by atoms with Gasteiger partial charge in [-0.25, -0.2) is 0 Å². The summed E-state index contributed by atoms with van der Waals surface area (Å²) in [4.78, 5) is 37.7. The fourth-order valence-electron chi connectivity index (χ4n) is 3.37. The molecule has 1 aromatic rings. The summed E-state index contributed by atoms with van der Waals surface area (Å²) in [5.41, 5.74) is 1.15. The summed E-state index contributed by atoms with van der Waals surface area (Å²) in [7, 11) is 1.54. The van der Waals surface area contributed by atoms with Gasteiger partial charge in [0.05, 0.1) is 20.3 Å². The summed E-state index contributed by atoms with van der Waals surface area (Å²) in [5.74, 6) is -0.447. The third kappa shape index (κ3) is 6.69. The number of nitriles is 1. The number of benzene rings is 1. The van der Waals surface area contributed by atoms with Crippen molar-refractivity contribution >= 4 is 23.9 Å². The predicted molar refractivity (Wildman–Crippen MR) is 122 cm³/mol. The SMILES string of the molecule is CCCCCOc1ccc(/C=C2/C(=O)N(CCCOC(C)=O)C(=O)C(C#N)=C2C)cc1OC. The van der Waals surface area contributed by atoms with Crippen LogP contribution in [0.3, 0.4) is 0 Å². The topological polar surface area (TPSA) is 106 Å². The molecule has 8 nitrogen and oxygen atoms in total. The molecule has 0 atom stereocenters. The first-order valence-corrected chi connectivity index (χ1v) is 11.0. The first-order valence-electron chi connectivity index (χ1n) is 11.0. The van der Waals surface area contributed by atoms with E-state index in [0.717, 1.165) is 24.2 Å². The number of nitrogens with zero attached hydrogens (tertiary/aromatic N) is 2. The van der Waals surface area contributed by atoms with Gasteiger partial charge in [-0.1, -0.05) is 25.8 Å². The maximum atomic E-state index is 13.1. The summed E-state index contributed by atoms with van der Waals surface area (Å²) >= 11 is 0. The molecule has 0 unspecified atom stereocenters. The molecule has 0 aliphatic carbocycles. The largest absolute Gasteiger partial charge is 0.493 e. The third-order valence-electron chi connectivity index (χ3n) is 5.16. The molecular formula is C25H30N2O6. The van der Waals surface area contributed by atoms with Gasteiger partial charge in [0, 0.05) is 19.0 Å². The molecule has 2 amide bonds. The number of rotatable bonds is 11. The highest BCUT2D eigenvalue weighted by atomic mass is 16.5. The second-order valence-electron chi connectivity index (χ2n) is 7.59. The highest BCUT2D eigenvalue weighted by Crippen LogP contribution is 2.32. The van der Waals surface area contributed by atoms with Crippen LogP contribution in [0.4, 0.5) is 0 Å². The van der Waals surface area contributed by atoms with E-state index in [-0.39, 0.29) is 30.7 Å². The standard InChI is InChI=1S/C25H30N2O6/c1-5-6-7-12-33-22-10-9-19(15-23(22)31-4)14-20-17(2)21(16-26)25(30)27(24(20)29)11-8-13-32-18(3)28/h9-10,14-15H,5-8,11-13H2,1-4H3/b20-14+. The van der Waals surface area contributed by atoms with Crippen LogP contribution >= 0.6 is 0 Å². The van der Waals surface area contributed by atoms with Gasteiger partial charge in [0.1, 0.15) is 11.6 Å². The summed E-state index contributed by atoms with van der Waals surface area (Å²) in [6.07, 6.45) is 5.03. The molecule has 1 aliphatic heterocycles. The molecule has 2 rings (SSSR count). The molecule has 0 radical (unpaired) electrons. The molecule has 0 fully saturated rings. The van der Waals surface area contributed by atoms with E-state index in [1.807, 2.05) is 6.07 Å². The van der Waals surface area contributed by atoms with Crippen molar-refractivity contribution in [2.75, 3.05) is 26.9 Å². The van der Waals surface area contributed by atoms with Gasteiger partial charge in [0.25, 0.3) is 11.8 Å². The van der Waals surface area contributed by atoms with Gasteiger partial charge in [-0.3, -0.25) is 19.3 Å². The predicted octanol–water partition coefficient (Wildman–Crippen LogP) is 3.81. The first kappa shape index (κ1) is 25.7. The molecule has 0 aromatic heterocycles. The zero-order valence-electron chi connectivity index (χ0n) is 19.6. The zero-order chi connectivity index (χ0) is 24.4. The summed E-state index contributed by atoms with van der Waals surface area (Å²) < 4.78 is 16.1. The Bertz CT molecular complexity index is 1000. The van der Waals surface area contributed by atoms with E-state index in [9.17, 15) is 19.6 Å². The van der Waals surface area contributed by atoms with E-state index in [4.69, 9.17) is 14.2 Å². The van der Waals surface area contributed by atoms with Crippen molar-refractivity contribution in [3.8, 4) is 17.6 Å². The Hall–Kier alpha value is -3.60. The second kappa shape index (κ2) is 12.4. The van der Waals surface area contributed by atoms with E-state index in [2.05, 4.69) is 6.92 Å². The Labute approximate surface area is 194 Å². The lowest BCUT2D eigenvalue weighted by Crippen LogP contribution is -2.43. The van der Waals surface area contributed by atoms with Gasteiger partial charge >= 0.3 is 5.97 Å². The molecule has 0 saturated carbocycles. The van der Waals surface area contributed by atoms with Crippen LogP contribution in [0.2, 0.25) is 0 Å². The van der Waals surface area contributed by atoms with Gasteiger partial charge in [0.15, 0.2) is 11.5 Å². The van der Waals surface area contributed by atoms with E-state index in [1.165, 1.54) is 6.92 Å². The number of ether oxygens (including phenoxy) is 3. The van der Waals surface area contributed by atoms with Crippen LogP contribution in [0.5, 0.6) is 11.5 Å². The van der Waals surface area contributed by atoms with Crippen LogP contribution < -0.4 is 9.47 Å². The van der Waals surface area contributed by atoms with E-state index < -0.39 is 17.8 Å². The van der Waals surface area contributed by atoms with Crippen LogP contribution in [-0.2, 0) is 19.1 Å². The van der Waals surface area contributed by atoms with E-state index in [0.29, 0.717) is 29.2 Å². The van der Waals surface area contributed by atoms with Gasteiger partial charge in [-0.2, -0.15) is 5.26 Å². The van der Waals surface area contributed by atoms with Crippen molar-refractivity contribution in [1.29, 1.82) is 5.26 Å². The average Bonchev–Trinajstić information content (AvgIpc) is 2.79. The van der Waals surface area contributed by atoms with Crippen LogP contribution in [0.15, 0.2) is 34.9 Å². The molecule has 1 aliphatic rings. The van der Waals surface area contributed by atoms with Crippen molar-refractivity contribution in [3.63, 3.8) is 0 Å². The third-order valence-corrected chi connectivity index (χ3v) is 5.16. The molecule has 1 heterocycles. The molecule has 0 N–H and O–H groups in total.